The average molecular weight is 342 g/mol. The van der Waals surface area contributed by atoms with E-state index >= 15 is 0 Å². The van der Waals surface area contributed by atoms with Gasteiger partial charge in [-0.25, -0.2) is 8.78 Å². The molecule has 2 aromatic rings. The molecule has 0 aromatic heterocycles. The lowest BCUT2D eigenvalue weighted by Crippen LogP contribution is -2.13. The number of benzene rings is 2. The van der Waals surface area contributed by atoms with E-state index in [1.165, 1.54) is 12.1 Å². The van der Waals surface area contributed by atoms with E-state index in [9.17, 15) is 18.7 Å². The van der Waals surface area contributed by atoms with Crippen LogP contribution in [-0.4, -0.2) is 11.0 Å². The fourth-order valence-corrected chi connectivity index (χ4v) is 1.88. The van der Waals surface area contributed by atoms with E-state index < -0.39 is 17.5 Å². The Bertz CT molecular complexity index is 689. The van der Waals surface area contributed by atoms with Crippen molar-refractivity contribution in [1.82, 2.24) is 0 Å². The van der Waals surface area contributed by atoms with Crippen molar-refractivity contribution in [1.29, 1.82) is 0 Å². The molecule has 0 spiro atoms. The van der Waals surface area contributed by atoms with Gasteiger partial charge in [0.25, 0.3) is 5.91 Å². The largest absolute Gasteiger partial charge is 0.508 e. The van der Waals surface area contributed by atoms with Crippen LogP contribution in [0.5, 0.6) is 5.75 Å². The fourth-order valence-electron chi connectivity index (χ4n) is 1.56. The summed E-state index contributed by atoms with van der Waals surface area (Å²) in [6.45, 7) is 1.68. The number of rotatable bonds is 2. The first-order chi connectivity index (χ1) is 9.38. The van der Waals surface area contributed by atoms with Crippen molar-refractivity contribution < 1.29 is 18.7 Å². The molecule has 20 heavy (non-hydrogen) atoms. The minimum absolute atomic E-state index is 0.0269. The second kappa shape index (κ2) is 5.58. The maximum Gasteiger partial charge on any atom is 0.255 e. The summed E-state index contributed by atoms with van der Waals surface area (Å²) in [5.41, 5.74) is 0.494. The molecule has 2 aromatic carbocycles. The first-order valence-corrected chi connectivity index (χ1v) is 6.43. The van der Waals surface area contributed by atoms with Gasteiger partial charge in [-0.2, -0.15) is 0 Å². The predicted molar refractivity (Wildman–Crippen MR) is 74.9 cm³/mol. The number of amides is 1. The van der Waals surface area contributed by atoms with Gasteiger partial charge >= 0.3 is 0 Å². The summed E-state index contributed by atoms with van der Waals surface area (Å²) in [6, 6.07) is 6.11. The Morgan fingerprint density at radius 1 is 1.20 bits per heavy atom. The van der Waals surface area contributed by atoms with E-state index in [4.69, 9.17) is 0 Å². The summed E-state index contributed by atoms with van der Waals surface area (Å²) in [5.74, 6) is -2.13. The van der Waals surface area contributed by atoms with Crippen LogP contribution < -0.4 is 5.32 Å². The minimum atomic E-state index is -0.761. The number of anilines is 1. The van der Waals surface area contributed by atoms with Crippen molar-refractivity contribution >= 4 is 27.5 Å². The van der Waals surface area contributed by atoms with Crippen LogP contribution >= 0.6 is 15.9 Å². The standard InChI is InChI=1S/C14H10BrF2NO2/c1-7-2-3-8(4-13(7)19)14(20)18-12-6-10(16)9(15)5-11(12)17/h2-6,19H,1H3,(H,18,20). The molecule has 1 amide bonds. The van der Waals surface area contributed by atoms with E-state index in [0.29, 0.717) is 5.56 Å². The smallest absolute Gasteiger partial charge is 0.255 e. The predicted octanol–water partition coefficient (Wildman–Crippen LogP) is 3.99. The number of nitrogens with one attached hydrogen (secondary N) is 1. The summed E-state index contributed by atoms with van der Waals surface area (Å²) in [6.07, 6.45) is 0. The molecule has 3 nitrogen and oxygen atoms in total. The Kier molecular flexibility index (Phi) is 4.04. The third kappa shape index (κ3) is 2.96. The van der Waals surface area contributed by atoms with Gasteiger partial charge in [-0.05, 0) is 46.6 Å². The molecule has 0 radical (unpaired) electrons. The van der Waals surface area contributed by atoms with E-state index in [0.717, 1.165) is 12.1 Å². The Morgan fingerprint density at radius 3 is 2.55 bits per heavy atom. The van der Waals surface area contributed by atoms with Crippen LogP contribution in [0.25, 0.3) is 0 Å². The molecule has 2 N–H and O–H groups in total. The van der Waals surface area contributed by atoms with Crippen molar-refractivity contribution in [2.24, 2.45) is 0 Å². The van der Waals surface area contributed by atoms with E-state index in [1.807, 2.05) is 0 Å². The number of hydrogen-bond donors (Lipinski definition) is 2. The van der Waals surface area contributed by atoms with Gasteiger partial charge < -0.3 is 10.4 Å². The first kappa shape index (κ1) is 14.5. The van der Waals surface area contributed by atoms with Crippen LogP contribution in [0.1, 0.15) is 15.9 Å². The molecule has 0 aliphatic carbocycles. The zero-order valence-corrected chi connectivity index (χ0v) is 12.0. The quantitative estimate of drug-likeness (QED) is 0.811. The van der Waals surface area contributed by atoms with E-state index in [-0.39, 0.29) is 21.5 Å². The second-order valence-electron chi connectivity index (χ2n) is 4.20. The van der Waals surface area contributed by atoms with Crippen LogP contribution in [0.3, 0.4) is 0 Å². The Hall–Kier alpha value is -1.95. The highest BCUT2D eigenvalue weighted by Gasteiger charge is 2.13. The Balaban J connectivity index is 2.27. The number of phenols is 1. The van der Waals surface area contributed by atoms with Gasteiger partial charge in [0.15, 0.2) is 0 Å². The molecule has 0 saturated heterocycles. The van der Waals surface area contributed by atoms with Gasteiger partial charge in [-0.1, -0.05) is 6.07 Å². The first-order valence-electron chi connectivity index (χ1n) is 5.64. The number of aryl methyl sites for hydroxylation is 1. The Morgan fingerprint density at radius 2 is 1.90 bits per heavy atom. The SMILES string of the molecule is Cc1ccc(C(=O)Nc2cc(F)c(Br)cc2F)cc1O. The topological polar surface area (TPSA) is 49.3 Å². The summed E-state index contributed by atoms with van der Waals surface area (Å²) >= 11 is 2.85. The maximum absolute atomic E-state index is 13.6. The number of carbonyl (C=O) groups excluding carboxylic acids is 1. The van der Waals surface area contributed by atoms with Gasteiger partial charge in [0.05, 0.1) is 10.2 Å². The lowest BCUT2D eigenvalue weighted by atomic mass is 10.1. The number of hydrogen-bond acceptors (Lipinski definition) is 2. The van der Waals surface area contributed by atoms with Crippen molar-refractivity contribution in [2.45, 2.75) is 6.92 Å². The van der Waals surface area contributed by atoms with Crippen molar-refractivity contribution in [3.8, 4) is 5.75 Å². The molecule has 0 bridgehead atoms. The lowest BCUT2D eigenvalue weighted by Gasteiger charge is -2.08. The number of halogens is 3. The highest BCUT2D eigenvalue weighted by Crippen LogP contribution is 2.24. The normalized spacial score (nSPS) is 10.4. The molecule has 0 aliphatic rings. The molecule has 104 valence electrons. The molecule has 0 unspecified atom stereocenters. The second-order valence-corrected chi connectivity index (χ2v) is 5.06. The number of phenolic OH excluding ortho intramolecular Hbond substituents is 1. The highest BCUT2D eigenvalue weighted by atomic mass is 79.9. The Labute approximate surface area is 122 Å². The van der Waals surface area contributed by atoms with Crippen molar-refractivity contribution in [2.75, 3.05) is 5.32 Å². The fraction of sp³-hybridized carbons (Fsp3) is 0.0714. The monoisotopic (exact) mass is 341 g/mol. The number of aromatic hydroxyl groups is 1. The van der Waals surface area contributed by atoms with Gasteiger partial charge in [0.2, 0.25) is 0 Å². The van der Waals surface area contributed by atoms with Crippen LogP contribution in [-0.2, 0) is 0 Å². The molecule has 0 saturated carbocycles. The molecule has 0 aliphatic heterocycles. The average Bonchev–Trinajstić information content (AvgIpc) is 2.39. The molecular weight excluding hydrogens is 332 g/mol. The minimum Gasteiger partial charge on any atom is -0.508 e. The summed E-state index contributed by atoms with van der Waals surface area (Å²) in [7, 11) is 0. The molecule has 2 rings (SSSR count). The van der Waals surface area contributed by atoms with Gasteiger partial charge in [-0.3, -0.25) is 4.79 Å². The summed E-state index contributed by atoms with van der Waals surface area (Å²) < 4.78 is 26.9. The lowest BCUT2D eigenvalue weighted by molar-refractivity contribution is 0.102. The molecule has 6 heteroatoms. The van der Waals surface area contributed by atoms with Crippen LogP contribution in [0, 0.1) is 18.6 Å². The van der Waals surface area contributed by atoms with Gasteiger partial charge in [0, 0.05) is 11.6 Å². The van der Waals surface area contributed by atoms with Crippen LogP contribution in [0.4, 0.5) is 14.5 Å². The summed E-state index contributed by atoms with van der Waals surface area (Å²) in [5, 5.41) is 11.8. The zero-order chi connectivity index (χ0) is 14.9. The van der Waals surface area contributed by atoms with Gasteiger partial charge in [0.1, 0.15) is 17.4 Å². The van der Waals surface area contributed by atoms with E-state index in [1.54, 1.807) is 13.0 Å². The van der Waals surface area contributed by atoms with Crippen LogP contribution in [0.15, 0.2) is 34.8 Å². The third-order valence-electron chi connectivity index (χ3n) is 2.73. The van der Waals surface area contributed by atoms with E-state index in [2.05, 4.69) is 21.2 Å². The van der Waals surface area contributed by atoms with Crippen molar-refractivity contribution in [3.63, 3.8) is 0 Å². The molecule has 0 atom stereocenters. The maximum atomic E-state index is 13.6. The zero-order valence-electron chi connectivity index (χ0n) is 10.4. The molecule has 0 heterocycles. The molecular formula is C14H10BrF2NO2. The third-order valence-corrected chi connectivity index (χ3v) is 3.34. The highest BCUT2D eigenvalue weighted by molar-refractivity contribution is 9.10. The van der Waals surface area contributed by atoms with Crippen molar-refractivity contribution in [3.05, 3.63) is 57.6 Å². The van der Waals surface area contributed by atoms with Crippen LogP contribution in [0.2, 0.25) is 0 Å². The van der Waals surface area contributed by atoms with Gasteiger partial charge in [-0.15, -0.1) is 0 Å². The molecule has 0 fully saturated rings. The number of carbonyl (C=O) groups is 1. The summed E-state index contributed by atoms with van der Waals surface area (Å²) in [4.78, 5) is 11.9.